The van der Waals surface area contributed by atoms with Crippen molar-refractivity contribution < 1.29 is 19.0 Å². The Kier molecular flexibility index (Phi) is 7.53. The zero-order valence-corrected chi connectivity index (χ0v) is 21.0. The topological polar surface area (TPSA) is 98.7 Å². The zero-order chi connectivity index (χ0) is 25.6. The number of hydrogen-bond acceptors (Lipinski definition) is 7. The molecule has 1 saturated heterocycles. The lowest BCUT2D eigenvalue weighted by atomic mass is 9.93. The van der Waals surface area contributed by atoms with Crippen molar-refractivity contribution in [3.63, 3.8) is 0 Å². The number of anilines is 1. The van der Waals surface area contributed by atoms with Crippen molar-refractivity contribution in [3.05, 3.63) is 78.1 Å². The zero-order valence-electron chi connectivity index (χ0n) is 21.0. The predicted molar refractivity (Wildman–Crippen MR) is 144 cm³/mol. The molecule has 0 unspecified atom stereocenters. The molecule has 0 radical (unpaired) electrons. The molecule has 0 aliphatic carbocycles. The number of carbonyl (C=O) groups excluding carboxylic acids is 1. The molecule has 1 amide bonds. The summed E-state index contributed by atoms with van der Waals surface area (Å²) in [7, 11) is 1.85. The van der Waals surface area contributed by atoms with Gasteiger partial charge >= 0.3 is 0 Å². The third-order valence-electron chi connectivity index (χ3n) is 6.31. The first kappa shape index (κ1) is 24.6. The number of amides is 1. The molecule has 0 bridgehead atoms. The van der Waals surface area contributed by atoms with Gasteiger partial charge in [0.25, 0.3) is 5.91 Å². The third kappa shape index (κ3) is 5.68. The van der Waals surface area contributed by atoms with Gasteiger partial charge in [-0.25, -0.2) is 4.98 Å². The molecule has 5 rings (SSSR count). The van der Waals surface area contributed by atoms with Crippen LogP contribution in [0.2, 0.25) is 0 Å². The Labute approximate surface area is 215 Å². The molecule has 2 aromatic heterocycles. The molecule has 3 heterocycles. The molecule has 9 nitrogen and oxygen atoms in total. The summed E-state index contributed by atoms with van der Waals surface area (Å²) < 4.78 is 19.5. The standard InChI is InChI=1S/C28H31N5O4/c1-3-35-12-13-36-25-16-24-21(9-11-33(24)29-2)14-26(25)37-23-8-10-31-27(15-23)32-28(34)20-6-4-19(5-7-20)22-17-30-18-22/h4-11,14-16,22,29-30H,3,12-13,17-18H2,1-2H3,(H,31,32,34). The fourth-order valence-corrected chi connectivity index (χ4v) is 4.17. The first-order chi connectivity index (χ1) is 18.1. The van der Waals surface area contributed by atoms with Crippen LogP contribution in [-0.4, -0.2) is 55.5 Å². The van der Waals surface area contributed by atoms with E-state index in [1.54, 1.807) is 18.3 Å². The highest BCUT2D eigenvalue weighted by Gasteiger charge is 2.19. The molecule has 0 atom stereocenters. The number of nitrogens with zero attached hydrogens (tertiary/aromatic N) is 2. The maximum atomic E-state index is 12.8. The largest absolute Gasteiger partial charge is 0.487 e. The van der Waals surface area contributed by atoms with E-state index < -0.39 is 0 Å². The fourth-order valence-electron chi connectivity index (χ4n) is 4.17. The Morgan fingerprint density at radius 3 is 2.65 bits per heavy atom. The molecular formula is C28H31N5O4. The van der Waals surface area contributed by atoms with Crippen LogP contribution in [0.4, 0.5) is 5.82 Å². The van der Waals surface area contributed by atoms with Crippen LogP contribution < -0.4 is 25.5 Å². The van der Waals surface area contributed by atoms with Crippen molar-refractivity contribution >= 4 is 22.6 Å². The molecule has 9 heteroatoms. The highest BCUT2D eigenvalue weighted by Crippen LogP contribution is 2.36. The van der Waals surface area contributed by atoms with E-state index in [1.807, 2.05) is 67.3 Å². The normalized spacial score (nSPS) is 13.2. The highest BCUT2D eigenvalue weighted by atomic mass is 16.5. The molecule has 3 N–H and O–H groups in total. The fraction of sp³-hybridized carbons (Fsp3) is 0.286. The van der Waals surface area contributed by atoms with Crippen molar-refractivity contribution in [2.75, 3.05) is 50.7 Å². The van der Waals surface area contributed by atoms with Gasteiger partial charge in [-0.05, 0) is 42.8 Å². The summed E-state index contributed by atoms with van der Waals surface area (Å²) in [6, 6.07) is 17.0. The lowest BCUT2D eigenvalue weighted by molar-refractivity contribution is 0.102. The van der Waals surface area contributed by atoms with Crippen LogP contribution in [0, 0.1) is 0 Å². The van der Waals surface area contributed by atoms with E-state index in [9.17, 15) is 4.79 Å². The summed E-state index contributed by atoms with van der Waals surface area (Å²) in [4.78, 5) is 17.1. The van der Waals surface area contributed by atoms with E-state index in [0.717, 1.165) is 24.0 Å². The van der Waals surface area contributed by atoms with Crippen LogP contribution in [0.25, 0.3) is 10.9 Å². The smallest absolute Gasteiger partial charge is 0.256 e. The number of fused-ring (bicyclic) bond motifs is 1. The number of carbonyl (C=O) groups is 1. The van der Waals surface area contributed by atoms with Gasteiger partial charge in [0.1, 0.15) is 18.2 Å². The van der Waals surface area contributed by atoms with Gasteiger partial charge in [0.2, 0.25) is 0 Å². The van der Waals surface area contributed by atoms with Gasteiger partial charge in [0, 0.05) is 68.1 Å². The maximum absolute atomic E-state index is 12.8. The average molecular weight is 502 g/mol. The Bertz CT molecular complexity index is 1370. The second-order valence-electron chi connectivity index (χ2n) is 8.72. The van der Waals surface area contributed by atoms with Crippen molar-refractivity contribution in [1.29, 1.82) is 0 Å². The minimum absolute atomic E-state index is 0.224. The van der Waals surface area contributed by atoms with Gasteiger partial charge in [0.15, 0.2) is 11.5 Å². The first-order valence-corrected chi connectivity index (χ1v) is 12.4. The summed E-state index contributed by atoms with van der Waals surface area (Å²) in [6.45, 7) is 5.41. The van der Waals surface area contributed by atoms with Crippen LogP contribution in [-0.2, 0) is 4.74 Å². The van der Waals surface area contributed by atoms with Crippen LogP contribution in [0.1, 0.15) is 28.8 Å². The number of ether oxygens (including phenoxy) is 3. The van der Waals surface area contributed by atoms with Gasteiger partial charge in [-0.3, -0.25) is 9.47 Å². The number of nitrogens with one attached hydrogen (secondary N) is 3. The molecular weight excluding hydrogens is 470 g/mol. The molecule has 192 valence electrons. The van der Waals surface area contributed by atoms with E-state index in [0.29, 0.717) is 54.4 Å². The molecule has 0 saturated carbocycles. The van der Waals surface area contributed by atoms with Gasteiger partial charge in [-0.1, -0.05) is 12.1 Å². The third-order valence-corrected chi connectivity index (χ3v) is 6.31. The van der Waals surface area contributed by atoms with Crippen molar-refractivity contribution in [2.45, 2.75) is 12.8 Å². The second-order valence-corrected chi connectivity index (χ2v) is 8.72. The van der Waals surface area contributed by atoms with Crippen molar-refractivity contribution in [2.24, 2.45) is 0 Å². The second kappa shape index (κ2) is 11.3. The predicted octanol–water partition coefficient (Wildman–Crippen LogP) is 4.36. The van der Waals surface area contributed by atoms with Gasteiger partial charge in [-0.2, -0.15) is 0 Å². The van der Waals surface area contributed by atoms with Crippen LogP contribution in [0.15, 0.2) is 67.0 Å². The van der Waals surface area contributed by atoms with E-state index >= 15 is 0 Å². The van der Waals surface area contributed by atoms with Crippen molar-refractivity contribution in [3.8, 4) is 17.2 Å². The van der Waals surface area contributed by atoms with E-state index in [2.05, 4.69) is 21.0 Å². The van der Waals surface area contributed by atoms with Crippen molar-refractivity contribution in [1.82, 2.24) is 15.0 Å². The van der Waals surface area contributed by atoms with Crippen LogP contribution in [0.3, 0.4) is 0 Å². The number of hydrogen-bond donors (Lipinski definition) is 3. The molecule has 1 aliphatic rings. The lowest BCUT2D eigenvalue weighted by Crippen LogP contribution is -2.39. The van der Waals surface area contributed by atoms with Crippen LogP contribution in [0.5, 0.6) is 17.2 Å². The Morgan fingerprint density at radius 1 is 1.08 bits per heavy atom. The molecule has 1 aliphatic heterocycles. The van der Waals surface area contributed by atoms with Gasteiger partial charge in [-0.15, -0.1) is 0 Å². The SMILES string of the molecule is CCOCCOc1cc2c(ccn2NC)cc1Oc1ccnc(NC(=O)c2ccc(C3CNC3)cc2)c1. The molecule has 37 heavy (non-hydrogen) atoms. The minimum atomic E-state index is -0.224. The number of benzene rings is 2. The number of pyridine rings is 1. The number of aromatic nitrogens is 2. The Balaban J connectivity index is 1.32. The Morgan fingerprint density at radius 2 is 1.92 bits per heavy atom. The quantitative estimate of drug-likeness (QED) is 0.263. The number of rotatable bonds is 11. The molecule has 4 aromatic rings. The maximum Gasteiger partial charge on any atom is 0.256 e. The van der Waals surface area contributed by atoms with E-state index in [-0.39, 0.29) is 5.91 Å². The lowest BCUT2D eigenvalue weighted by Gasteiger charge is -2.27. The monoisotopic (exact) mass is 501 g/mol. The molecule has 1 fully saturated rings. The summed E-state index contributed by atoms with van der Waals surface area (Å²) in [5, 5.41) is 7.12. The summed E-state index contributed by atoms with van der Waals surface area (Å²) in [5.74, 6) is 2.37. The summed E-state index contributed by atoms with van der Waals surface area (Å²) in [5.41, 5.74) is 5.90. The van der Waals surface area contributed by atoms with Gasteiger partial charge in [0.05, 0.1) is 12.1 Å². The van der Waals surface area contributed by atoms with E-state index in [4.69, 9.17) is 14.2 Å². The van der Waals surface area contributed by atoms with Crippen LogP contribution >= 0.6 is 0 Å². The summed E-state index contributed by atoms with van der Waals surface area (Å²) >= 11 is 0. The summed E-state index contributed by atoms with van der Waals surface area (Å²) in [6.07, 6.45) is 3.54. The minimum Gasteiger partial charge on any atom is -0.487 e. The van der Waals surface area contributed by atoms with E-state index in [1.165, 1.54) is 5.56 Å². The molecule has 2 aromatic carbocycles. The highest BCUT2D eigenvalue weighted by molar-refractivity contribution is 6.03. The van der Waals surface area contributed by atoms with Gasteiger partial charge < -0.3 is 30.3 Å². The Hall–Kier alpha value is -4.08. The first-order valence-electron chi connectivity index (χ1n) is 12.4. The molecule has 0 spiro atoms. The average Bonchev–Trinajstić information content (AvgIpc) is 3.28.